The Labute approximate surface area is 111 Å². The second kappa shape index (κ2) is 4.30. The molecule has 2 saturated heterocycles. The number of aromatic nitrogens is 2. The van der Waals surface area contributed by atoms with Crippen molar-refractivity contribution in [3.63, 3.8) is 0 Å². The molecule has 2 aliphatic rings. The molecule has 0 aromatic carbocycles. The van der Waals surface area contributed by atoms with E-state index in [9.17, 15) is 18.0 Å². The summed E-state index contributed by atoms with van der Waals surface area (Å²) in [5.74, 6) is -1.64. The molecule has 6 nitrogen and oxygen atoms in total. The highest BCUT2D eigenvalue weighted by atomic mass is 19.4. The lowest BCUT2D eigenvalue weighted by molar-refractivity contribution is -0.223. The van der Waals surface area contributed by atoms with Gasteiger partial charge >= 0.3 is 12.1 Å². The molecular weight excluding hydrogens is 277 g/mol. The van der Waals surface area contributed by atoms with Gasteiger partial charge < -0.3 is 9.64 Å². The van der Waals surface area contributed by atoms with Crippen molar-refractivity contribution in [1.29, 1.82) is 0 Å². The van der Waals surface area contributed by atoms with E-state index in [1.807, 2.05) is 4.90 Å². The average Bonchev–Trinajstić information content (AvgIpc) is 2.33. The van der Waals surface area contributed by atoms with Gasteiger partial charge in [0.1, 0.15) is 0 Å². The largest absolute Gasteiger partial charge is 0.490 e. The van der Waals surface area contributed by atoms with Crippen LogP contribution in [0.15, 0.2) is 18.5 Å². The monoisotopic (exact) mass is 288 g/mol. The molecule has 2 fully saturated rings. The zero-order valence-corrected chi connectivity index (χ0v) is 10.2. The fraction of sp³-hybridized carbons (Fsp3) is 0.545. The molecule has 0 saturated carbocycles. The summed E-state index contributed by atoms with van der Waals surface area (Å²) in [5, 5.41) is 2.70. The fourth-order valence-corrected chi connectivity index (χ4v) is 2.40. The van der Waals surface area contributed by atoms with Crippen molar-refractivity contribution < 1.29 is 22.7 Å². The number of esters is 1. The van der Waals surface area contributed by atoms with Gasteiger partial charge in [-0.3, -0.25) is 5.32 Å². The Morgan fingerprint density at radius 3 is 2.55 bits per heavy atom. The highest BCUT2D eigenvalue weighted by molar-refractivity contribution is 5.76. The first-order chi connectivity index (χ1) is 9.41. The lowest BCUT2D eigenvalue weighted by Gasteiger charge is -2.59. The number of carbonyl (C=O) groups excluding carboxylic acids is 1. The van der Waals surface area contributed by atoms with Gasteiger partial charge in [-0.1, -0.05) is 0 Å². The molecule has 9 heteroatoms. The molecule has 1 unspecified atom stereocenters. The molecule has 108 valence electrons. The van der Waals surface area contributed by atoms with Gasteiger partial charge in [-0.2, -0.15) is 13.2 Å². The summed E-state index contributed by atoms with van der Waals surface area (Å²) in [6, 6.07) is 1.68. The summed E-state index contributed by atoms with van der Waals surface area (Å²) < 4.78 is 40.9. The molecule has 2 aliphatic heterocycles. The predicted octanol–water partition coefficient (Wildman–Crippen LogP) is 0.318. The van der Waals surface area contributed by atoms with Crippen molar-refractivity contribution in [2.75, 3.05) is 24.5 Å². The Morgan fingerprint density at radius 1 is 1.40 bits per heavy atom. The van der Waals surface area contributed by atoms with E-state index in [1.54, 1.807) is 18.5 Å². The van der Waals surface area contributed by atoms with Crippen molar-refractivity contribution in [1.82, 2.24) is 15.3 Å². The van der Waals surface area contributed by atoms with E-state index in [1.165, 1.54) is 0 Å². The number of nitrogens with one attached hydrogen (secondary N) is 1. The van der Waals surface area contributed by atoms with Gasteiger partial charge in [0.25, 0.3) is 0 Å². The topological polar surface area (TPSA) is 67.3 Å². The molecule has 20 heavy (non-hydrogen) atoms. The number of hydrogen-bond acceptors (Lipinski definition) is 6. The Balaban J connectivity index is 1.59. The molecule has 0 aliphatic carbocycles. The van der Waals surface area contributed by atoms with Crippen LogP contribution < -0.4 is 10.2 Å². The molecule has 0 radical (unpaired) electrons. The van der Waals surface area contributed by atoms with E-state index in [4.69, 9.17) is 0 Å². The number of hydrogen-bond donors (Lipinski definition) is 1. The zero-order chi connectivity index (χ0) is 14.4. The summed E-state index contributed by atoms with van der Waals surface area (Å²) in [6.45, 7) is 1.42. The van der Waals surface area contributed by atoms with Crippen molar-refractivity contribution in [3.8, 4) is 0 Å². The zero-order valence-electron chi connectivity index (χ0n) is 10.2. The summed E-state index contributed by atoms with van der Waals surface area (Å²) in [5.41, 5.74) is -0.472. The summed E-state index contributed by atoms with van der Waals surface area (Å²) in [7, 11) is 0. The van der Waals surface area contributed by atoms with Crippen molar-refractivity contribution in [2.45, 2.75) is 12.4 Å². The van der Waals surface area contributed by atoms with Crippen molar-refractivity contribution in [3.05, 3.63) is 18.5 Å². The van der Waals surface area contributed by atoms with Crippen LogP contribution in [-0.2, 0) is 9.53 Å². The van der Waals surface area contributed by atoms with Crippen LogP contribution in [0.25, 0.3) is 0 Å². The number of alkyl halides is 3. The third-order valence-corrected chi connectivity index (χ3v) is 3.50. The van der Waals surface area contributed by atoms with Gasteiger partial charge in [-0.15, -0.1) is 0 Å². The number of halogens is 3. The molecule has 1 N–H and O–H groups in total. The van der Waals surface area contributed by atoms with Crippen LogP contribution >= 0.6 is 0 Å². The number of rotatable bonds is 2. The first-order valence-corrected chi connectivity index (χ1v) is 5.94. The average molecular weight is 288 g/mol. The molecule has 3 heterocycles. The quantitative estimate of drug-likeness (QED) is 0.790. The summed E-state index contributed by atoms with van der Waals surface area (Å²) in [6.07, 6.45) is -2.69. The summed E-state index contributed by atoms with van der Waals surface area (Å²) in [4.78, 5) is 20.8. The predicted molar refractivity (Wildman–Crippen MR) is 60.6 cm³/mol. The first kappa shape index (κ1) is 13.1. The molecule has 0 bridgehead atoms. The van der Waals surface area contributed by atoms with Gasteiger partial charge in [-0.05, 0) is 6.07 Å². The van der Waals surface area contributed by atoms with E-state index in [2.05, 4.69) is 20.0 Å². The lowest BCUT2D eigenvalue weighted by atomic mass is 9.72. The normalized spacial score (nSPS) is 23.9. The fourth-order valence-electron chi connectivity index (χ4n) is 2.40. The molecule has 1 atom stereocenters. The second-order valence-corrected chi connectivity index (χ2v) is 4.93. The van der Waals surface area contributed by atoms with Crippen LogP contribution in [0.3, 0.4) is 0 Å². The third-order valence-electron chi connectivity index (χ3n) is 3.50. The van der Waals surface area contributed by atoms with Crippen LogP contribution in [-0.4, -0.2) is 48.0 Å². The maximum absolute atomic E-state index is 12.2. The Hall–Kier alpha value is -1.90. The highest BCUT2D eigenvalue weighted by Gasteiger charge is 2.59. The lowest BCUT2D eigenvalue weighted by Crippen LogP contribution is -2.78. The highest BCUT2D eigenvalue weighted by Crippen LogP contribution is 2.41. The number of nitrogens with zero attached hydrogens (tertiary/aromatic N) is 3. The first-order valence-electron chi connectivity index (χ1n) is 5.94. The van der Waals surface area contributed by atoms with E-state index in [-0.39, 0.29) is 0 Å². The van der Waals surface area contributed by atoms with Crippen molar-refractivity contribution >= 4 is 11.9 Å². The standard InChI is InChI=1S/C11H11F3N4O2/c12-11(13,14)8(19)20-7-10(4-17-7)5-18(6-10)9-15-2-1-3-16-9/h1-3,7,17H,4-6H2. The number of ether oxygens (including phenoxy) is 1. The minimum atomic E-state index is -4.97. The van der Waals surface area contributed by atoms with E-state index >= 15 is 0 Å². The molecule has 0 amide bonds. The minimum Gasteiger partial charge on any atom is -0.439 e. The maximum Gasteiger partial charge on any atom is 0.490 e. The Bertz CT molecular complexity index is 516. The van der Waals surface area contributed by atoms with E-state index < -0.39 is 23.8 Å². The molecular formula is C11H11F3N4O2. The Kier molecular flexibility index (Phi) is 2.82. The number of carbonyl (C=O) groups is 1. The molecule has 3 rings (SSSR count). The third kappa shape index (κ3) is 2.07. The van der Waals surface area contributed by atoms with Gasteiger partial charge in [0, 0.05) is 32.0 Å². The second-order valence-electron chi connectivity index (χ2n) is 4.93. The van der Waals surface area contributed by atoms with Gasteiger partial charge in [0.15, 0.2) is 6.23 Å². The van der Waals surface area contributed by atoms with Gasteiger partial charge in [-0.25, -0.2) is 14.8 Å². The van der Waals surface area contributed by atoms with Crippen LogP contribution in [0.2, 0.25) is 0 Å². The summed E-state index contributed by atoms with van der Waals surface area (Å²) >= 11 is 0. The number of anilines is 1. The molecule has 1 aromatic heterocycles. The molecule has 1 aromatic rings. The van der Waals surface area contributed by atoms with Gasteiger partial charge in [0.2, 0.25) is 5.95 Å². The molecule has 1 spiro atoms. The van der Waals surface area contributed by atoms with Crippen LogP contribution in [0, 0.1) is 5.41 Å². The minimum absolute atomic E-state index is 0.458. The van der Waals surface area contributed by atoms with Crippen LogP contribution in [0.4, 0.5) is 19.1 Å². The van der Waals surface area contributed by atoms with E-state index in [0.717, 1.165) is 0 Å². The van der Waals surface area contributed by atoms with Crippen molar-refractivity contribution in [2.24, 2.45) is 5.41 Å². The SMILES string of the molecule is O=C(OC1NCC12CN(c1ncccn1)C2)C(F)(F)F. The Morgan fingerprint density at radius 2 is 2.05 bits per heavy atom. The smallest absolute Gasteiger partial charge is 0.439 e. The van der Waals surface area contributed by atoms with Crippen LogP contribution in [0.5, 0.6) is 0 Å². The van der Waals surface area contributed by atoms with Gasteiger partial charge in [0.05, 0.1) is 5.41 Å². The van der Waals surface area contributed by atoms with Crippen LogP contribution in [0.1, 0.15) is 0 Å². The maximum atomic E-state index is 12.2. The van der Waals surface area contributed by atoms with E-state index in [0.29, 0.717) is 25.6 Å².